The molecular formula is C30H31N5O3. The third kappa shape index (κ3) is 5.02. The highest BCUT2D eigenvalue weighted by Gasteiger charge is 2.43. The number of pyridine rings is 2. The monoisotopic (exact) mass is 509 g/mol. The molecule has 2 amide bonds. The fourth-order valence-electron chi connectivity index (χ4n) is 5.26. The second kappa shape index (κ2) is 10.3. The molecule has 8 nitrogen and oxygen atoms in total. The Morgan fingerprint density at radius 1 is 1.11 bits per heavy atom. The molecule has 0 aliphatic carbocycles. The average molecular weight is 510 g/mol. The van der Waals surface area contributed by atoms with E-state index < -0.39 is 5.60 Å². The maximum absolute atomic E-state index is 13.4. The minimum Gasteiger partial charge on any atom is -0.365 e. The topological polar surface area (TPSA) is 108 Å². The second-order valence-corrected chi connectivity index (χ2v) is 10.5. The number of carbonyl (C=O) groups excluding carboxylic acids is 2. The van der Waals surface area contributed by atoms with Gasteiger partial charge in [0, 0.05) is 31.2 Å². The molecule has 0 atom stereocenters. The molecule has 0 radical (unpaired) electrons. The Morgan fingerprint density at radius 2 is 1.87 bits per heavy atom. The third-order valence-electron chi connectivity index (χ3n) is 7.37. The van der Waals surface area contributed by atoms with E-state index in [1.54, 1.807) is 31.5 Å². The molecule has 2 aliphatic heterocycles. The molecule has 2 aromatic heterocycles. The number of aromatic nitrogens is 2. The summed E-state index contributed by atoms with van der Waals surface area (Å²) >= 11 is 0. The van der Waals surface area contributed by atoms with E-state index in [2.05, 4.69) is 35.2 Å². The number of fused-ring (bicyclic) bond motifs is 2. The van der Waals surface area contributed by atoms with Gasteiger partial charge in [-0.1, -0.05) is 19.9 Å². The standard InChI is InChI=1S/C30H31N5O3/c1-19(2)12-25-6-5-22(16-33-25)28(36)34-27-14-23(17-32-20(27)3)29(37)35-10-8-30(9-11-35)26-7-4-21(15-31)13-24(26)18-38-30/h4-7,13-14,16-17,19H,8-12,18H2,1-3H3,(H,34,36). The molecule has 1 aromatic carbocycles. The van der Waals surface area contributed by atoms with Crippen LogP contribution in [0.1, 0.15) is 75.5 Å². The summed E-state index contributed by atoms with van der Waals surface area (Å²) in [5.74, 6) is 0.0703. The first-order valence-electron chi connectivity index (χ1n) is 13.0. The number of ether oxygens (including phenoxy) is 1. The molecule has 4 heterocycles. The van der Waals surface area contributed by atoms with Crippen molar-refractivity contribution >= 4 is 17.5 Å². The normalized spacial score (nSPS) is 15.8. The molecule has 0 saturated carbocycles. The van der Waals surface area contributed by atoms with Gasteiger partial charge in [0.15, 0.2) is 0 Å². The number of anilines is 1. The van der Waals surface area contributed by atoms with Crippen LogP contribution in [0.4, 0.5) is 5.69 Å². The molecule has 1 spiro atoms. The van der Waals surface area contributed by atoms with Crippen molar-refractivity contribution in [3.8, 4) is 6.07 Å². The summed E-state index contributed by atoms with van der Waals surface area (Å²) in [5, 5.41) is 12.1. The number of nitrogens with zero attached hydrogens (tertiary/aromatic N) is 4. The first kappa shape index (κ1) is 25.6. The van der Waals surface area contributed by atoms with Crippen molar-refractivity contribution in [2.45, 2.75) is 52.2 Å². The van der Waals surface area contributed by atoms with Gasteiger partial charge in [-0.25, -0.2) is 0 Å². The summed E-state index contributed by atoms with van der Waals surface area (Å²) in [7, 11) is 0. The van der Waals surface area contributed by atoms with Crippen LogP contribution in [0.25, 0.3) is 0 Å². The van der Waals surface area contributed by atoms with Gasteiger partial charge in [-0.15, -0.1) is 0 Å². The van der Waals surface area contributed by atoms with E-state index in [-0.39, 0.29) is 11.8 Å². The summed E-state index contributed by atoms with van der Waals surface area (Å²) in [4.78, 5) is 36.8. The summed E-state index contributed by atoms with van der Waals surface area (Å²) < 4.78 is 6.22. The van der Waals surface area contributed by atoms with E-state index in [0.29, 0.717) is 66.5 Å². The predicted octanol–water partition coefficient (Wildman–Crippen LogP) is 4.77. The Labute approximate surface area is 222 Å². The molecule has 8 heteroatoms. The zero-order valence-electron chi connectivity index (χ0n) is 22.0. The molecule has 38 heavy (non-hydrogen) atoms. The van der Waals surface area contributed by atoms with Gasteiger partial charge in [-0.3, -0.25) is 19.6 Å². The lowest BCUT2D eigenvalue weighted by Gasteiger charge is -2.39. The number of hydrogen-bond acceptors (Lipinski definition) is 6. The fraction of sp³-hybridized carbons (Fsp3) is 0.367. The van der Waals surface area contributed by atoms with Gasteiger partial charge >= 0.3 is 0 Å². The average Bonchev–Trinajstić information content (AvgIpc) is 3.27. The summed E-state index contributed by atoms with van der Waals surface area (Å²) in [5.41, 5.74) is 5.35. The van der Waals surface area contributed by atoms with Crippen LogP contribution >= 0.6 is 0 Å². The highest BCUT2D eigenvalue weighted by atomic mass is 16.5. The van der Waals surface area contributed by atoms with Gasteiger partial charge in [0.05, 0.1) is 46.3 Å². The van der Waals surface area contributed by atoms with Crippen LogP contribution in [0, 0.1) is 24.2 Å². The van der Waals surface area contributed by atoms with Crippen LogP contribution in [-0.4, -0.2) is 39.8 Å². The van der Waals surface area contributed by atoms with Crippen molar-refractivity contribution in [3.05, 3.63) is 88.0 Å². The Balaban J connectivity index is 1.25. The quantitative estimate of drug-likeness (QED) is 0.531. The van der Waals surface area contributed by atoms with Crippen molar-refractivity contribution in [1.82, 2.24) is 14.9 Å². The van der Waals surface area contributed by atoms with Crippen LogP contribution in [0.5, 0.6) is 0 Å². The Hall–Kier alpha value is -4.09. The smallest absolute Gasteiger partial charge is 0.257 e. The molecule has 0 bridgehead atoms. The fourth-order valence-corrected chi connectivity index (χ4v) is 5.26. The second-order valence-electron chi connectivity index (χ2n) is 10.5. The van der Waals surface area contributed by atoms with E-state index in [1.165, 1.54) is 0 Å². The molecule has 5 rings (SSSR count). The minimum atomic E-state index is -0.413. The summed E-state index contributed by atoms with van der Waals surface area (Å²) in [6.07, 6.45) is 5.36. The van der Waals surface area contributed by atoms with Crippen molar-refractivity contribution < 1.29 is 14.3 Å². The van der Waals surface area contributed by atoms with Gasteiger partial charge in [0.25, 0.3) is 11.8 Å². The van der Waals surface area contributed by atoms with Gasteiger partial charge in [0.1, 0.15) is 0 Å². The highest BCUT2D eigenvalue weighted by Crippen LogP contribution is 2.44. The maximum atomic E-state index is 13.4. The SMILES string of the molecule is Cc1ncc(C(=O)N2CCC3(CC2)OCc2cc(C#N)ccc23)cc1NC(=O)c1ccc(CC(C)C)nc1. The molecule has 1 N–H and O–H groups in total. The lowest BCUT2D eigenvalue weighted by molar-refractivity contribution is -0.0741. The Bertz CT molecular complexity index is 1420. The maximum Gasteiger partial charge on any atom is 0.257 e. The molecule has 3 aromatic rings. The zero-order chi connectivity index (χ0) is 26.9. The number of nitriles is 1. The van der Waals surface area contributed by atoms with Gasteiger partial charge in [0.2, 0.25) is 0 Å². The van der Waals surface area contributed by atoms with Crippen LogP contribution in [-0.2, 0) is 23.4 Å². The zero-order valence-corrected chi connectivity index (χ0v) is 22.0. The minimum absolute atomic E-state index is 0.124. The number of hydrogen-bond donors (Lipinski definition) is 1. The number of aryl methyl sites for hydroxylation is 1. The lowest BCUT2D eigenvalue weighted by atomic mass is 9.83. The first-order chi connectivity index (χ1) is 18.3. The van der Waals surface area contributed by atoms with E-state index in [4.69, 9.17) is 4.74 Å². The van der Waals surface area contributed by atoms with E-state index >= 15 is 0 Å². The van der Waals surface area contributed by atoms with Gasteiger partial charge in [-0.05, 0) is 73.6 Å². The number of amides is 2. The Kier molecular flexibility index (Phi) is 6.96. The van der Waals surface area contributed by atoms with Crippen LogP contribution in [0.3, 0.4) is 0 Å². The highest BCUT2D eigenvalue weighted by molar-refractivity contribution is 6.05. The molecule has 1 saturated heterocycles. The van der Waals surface area contributed by atoms with Crippen molar-refractivity contribution in [2.75, 3.05) is 18.4 Å². The number of nitrogens with one attached hydrogen (secondary N) is 1. The van der Waals surface area contributed by atoms with Crippen molar-refractivity contribution in [1.29, 1.82) is 5.26 Å². The van der Waals surface area contributed by atoms with Crippen molar-refractivity contribution in [2.24, 2.45) is 5.92 Å². The van der Waals surface area contributed by atoms with Crippen LogP contribution in [0.2, 0.25) is 0 Å². The summed E-state index contributed by atoms with van der Waals surface area (Å²) in [6.45, 7) is 7.62. The van der Waals surface area contributed by atoms with Crippen molar-refractivity contribution in [3.63, 3.8) is 0 Å². The van der Waals surface area contributed by atoms with E-state index in [0.717, 1.165) is 23.2 Å². The van der Waals surface area contributed by atoms with Gasteiger partial charge < -0.3 is 15.0 Å². The Morgan fingerprint density at radius 3 is 2.55 bits per heavy atom. The molecule has 194 valence electrons. The van der Waals surface area contributed by atoms with Crippen LogP contribution < -0.4 is 5.32 Å². The predicted molar refractivity (Wildman–Crippen MR) is 142 cm³/mol. The molecule has 0 unspecified atom stereocenters. The third-order valence-corrected chi connectivity index (χ3v) is 7.37. The van der Waals surface area contributed by atoms with Gasteiger partial charge in [-0.2, -0.15) is 5.26 Å². The molecular weight excluding hydrogens is 478 g/mol. The van der Waals surface area contributed by atoms with E-state index in [1.807, 2.05) is 29.2 Å². The molecule has 1 fully saturated rings. The first-order valence-corrected chi connectivity index (χ1v) is 13.0. The molecule has 2 aliphatic rings. The number of carbonyl (C=O) groups is 2. The number of benzene rings is 1. The largest absolute Gasteiger partial charge is 0.365 e. The number of piperidine rings is 1. The number of likely N-dealkylation sites (tertiary alicyclic amines) is 1. The summed E-state index contributed by atoms with van der Waals surface area (Å²) in [6, 6.07) is 13.2. The number of rotatable bonds is 5. The van der Waals surface area contributed by atoms with Crippen LogP contribution in [0.15, 0.2) is 48.8 Å². The lowest BCUT2D eigenvalue weighted by Crippen LogP contribution is -2.45. The van der Waals surface area contributed by atoms with E-state index in [9.17, 15) is 14.9 Å².